The van der Waals surface area contributed by atoms with Gasteiger partial charge in [0.05, 0.1) is 12.2 Å². The van der Waals surface area contributed by atoms with Crippen molar-refractivity contribution in [3.05, 3.63) is 95.3 Å². The normalized spacial score (nSPS) is 10.2. The fourth-order valence-electron chi connectivity index (χ4n) is 2.82. The molecule has 0 fully saturated rings. The van der Waals surface area contributed by atoms with Crippen LogP contribution >= 0.6 is 0 Å². The van der Waals surface area contributed by atoms with Crippen LogP contribution in [0.2, 0.25) is 0 Å². The molecule has 3 aromatic carbocycles. The van der Waals surface area contributed by atoms with E-state index >= 15 is 0 Å². The van der Waals surface area contributed by atoms with Gasteiger partial charge in [-0.05, 0) is 55.0 Å². The molecule has 32 heavy (non-hydrogen) atoms. The molecule has 0 spiro atoms. The monoisotopic (exact) mass is 436 g/mol. The molecule has 0 atom stereocenters. The summed E-state index contributed by atoms with van der Waals surface area (Å²) in [6.45, 7) is 1.95. The average Bonchev–Trinajstić information content (AvgIpc) is 2.79. The minimum Gasteiger partial charge on any atom is -0.434 e. The lowest BCUT2D eigenvalue weighted by molar-refractivity contribution is 0.0945. The fourth-order valence-corrected chi connectivity index (χ4v) is 2.82. The van der Waals surface area contributed by atoms with Crippen molar-refractivity contribution in [1.29, 1.82) is 0 Å². The molecule has 0 aliphatic heterocycles. The van der Waals surface area contributed by atoms with Crippen molar-refractivity contribution in [2.45, 2.75) is 13.5 Å². The quantitative estimate of drug-likeness (QED) is 0.419. The molecular formula is C24H21FN2O5. The Hall–Kier alpha value is -4.20. The second-order valence-electron chi connectivity index (χ2n) is 6.58. The van der Waals surface area contributed by atoms with Gasteiger partial charge in [0.2, 0.25) is 0 Å². The van der Waals surface area contributed by atoms with Crippen LogP contribution in [-0.4, -0.2) is 24.6 Å². The van der Waals surface area contributed by atoms with Crippen molar-refractivity contribution < 1.29 is 28.2 Å². The first-order valence-corrected chi connectivity index (χ1v) is 9.84. The predicted molar refractivity (Wildman–Crippen MR) is 116 cm³/mol. The van der Waals surface area contributed by atoms with Crippen molar-refractivity contribution in [2.24, 2.45) is 0 Å². The summed E-state index contributed by atoms with van der Waals surface area (Å²) in [6, 6.07) is 18.6. The van der Waals surface area contributed by atoms with Gasteiger partial charge in [-0.2, -0.15) is 0 Å². The second-order valence-corrected chi connectivity index (χ2v) is 6.58. The zero-order chi connectivity index (χ0) is 22.9. The van der Waals surface area contributed by atoms with Crippen LogP contribution in [0.4, 0.5) is 14.9 Å². The molecule has 8 heteroatoms. The van der Waals surface area contributed by atoms with Gasteiger partial charge >= 0.3 is 6.16 Å². The third-order valence-corrected chi connectivity index (χ3v) is 4.40. The zero-order valence-electron chi connectivity index (χ0n) is 17.3. The van der Waals surface area contributed by atoms with Crippen LogP contribution in [0.25, 0.3) is 0 Å². The number of anilines is 1. The van der Waals surface area contributed by atoms with Crippen molar-refractivity contribution in [1.82, 2.24) is 5.32 Å². The summed E-state index contributed by atoms with van der Waals surface area (Å²) in [5.74, 6) is -1.31. The summed E-state index contributed by atoms with van der Waals surface area (Å²) in [7, 11) is 0. The van der Waals surface area contributed by atoms with Gasteiger partial charge in [0.15, 0.2) is 0 Å². The van der Waals surface area contributed by atoms with Crippen LogP contribution in [0.3, 0.4) is 0 Å². The number of carbonyl (C=O) groups is 3. The van der Waals surface area contributed by atoms with Gasteiger partial charge < -0.3 is 20.1 Å². The Kier molecular flexibility index (Phi) is 7.53. The third-order valence-electron chi connectivity index (χ3n) is 4.40. The molecule has 0 unspecified atom stereocenters. The molecule has 0 radical (unpaired) electrons. The van der Waals surface area contributed by atoms with Gasteiger partial charge in [0.25, 0.3) is 11.8 Å². The SMILES string of the molecule is CCOC(=O)Oc1ccc(C(=O)Nc2ccccc2CNC(=O)c2ccccc2F)cc1. The van der Waals surface area contributed by atoms with Crippen molar-refractivity contribution in [2.75, 3.05) is 11.9 Å². The van der Waals surface area contributed by atoms with E-state index in [1.807, 2.05) is 0 Å². The fraction of sp³-hybridized carbons (Fsp3) is 0.125. The Balaban J connectivity index is 1.64. The third kappa shape index (κ3) is 5.91. The Bertz CT molecular complexity index is 1120. The summed E-state index contributed by atoms with van der Waals surface area (Å²) in [6.07, 6.45) is -0.823. The van der Waals surface area contributed by atoms with E-state index in [2.05, 4.69) is 10.6 Å². The average molecular weight is 436 g/mol. The summed E-state index contributed by atoms with van der Waals surface area (Å²) < 4.78 is 23.5. The molecule has 0 bridgehead atoms. The number of hydrogen-bond donors (Lipinski definition) is 2. The topological polar surface area (TPSA) is 93.7 Å². The van der Waals surface area contributed by atoms with Crippen molar-refractivity contribution >= 4 is 23.7 Å². The van der Waals surface area contributed by atoms with Crippen LogP contribution in [0.5, 0.6) is 5.75 Å². The largest absolute Gasteiger partial charge is 0.513 e. The maximum atomic E-state index is 13.8. The number of ether oxygens (including phenoxy) is 2. The molecule has 0 aliphatic carbocycles. The lowest BCUT2D eigenvalue weighted by atomic mass is 10.1. The highest BCUT2D eigenvalue weighted by molar-refractivity contribution is 6.04. The van der Waals surface area contributed by atoms with Crippen LogP contribution in [0.1, 0.15) is 33.2 Å². The number of benzene rings is 3. The van der Waals surface area contributed by atoms with E-state index in [4.69, 9.17) is 9.47 Å². The highest BCUT2D eigenvalue weighted by Gasteiger charge is 2.13. The Morgan fingerprint density at radius 2 is 1.56 bits per heavy atom. The highest BCUT2D eigenvalue weighted by atomic mass is 19.1. The van der Waals surface area contributed by atoms with E-state index in [0.29, 0.717) is 16.8 Å². The molecule has 7 nitrogen and oxygen atoms in total. The van der Waals surface area contributed by atoms with Gasteiger partial charge in [-0.25, -0.2) is 9.18 Å². The van der Waals surface area contributed by atoms with Crippen LogP contribution in [0.15, 0.2) is 72.8 Å². The van der Waals surface area contributed by atoms with Gasteiger partial charge in [0, 0.05) is 17.8 Å². The first-order chi connectivity index (χ1) is 15.5. The number of para-hydroxylation sites is 1. The Morgan fingerprint density at radius 1 is 0.875 bits per heavy atom. The Labute approximate surface area is 184 Å². The number of halogens is 1. The first-order valence-electron chi connectivity index (χ1n) is 9.84. The molecule has 3 aromatic rings. The molecule has 2 amide bonds. The predicted octanol–water partition coefficient (Wildman–Crippen LogP) is 4.54. The molecule has 3 rings (SSSR count). The standard InChI is InChI=1S/C24H21FN2O5/c1-2-31-24(30)32-18-13-11-16(12-14-18)22(28)27-21-10-6-3-7-17(21)15-26-23(29)19-8-4-5-9-20(19)25/h3-14H,2,15H2,1H3,(H,26,29)(H,27,28). The minimum absolute atomic E-state index is 0.0563. The van der Waals surface area contributed by atoms with E-state index in [1.54, 1.807) is 37.3 Å². The minimum atomic E-state index is -0.823. The highest BCUT2D eigenvalue weighted by Crippen LogP contribution is 2.18. The molecule has 2 N–H and O–H groups in total. The Morgan fingerprint density at radius 3 is 2.28 bits per heavy atom. The number of amides is 2. The van der Waals surface area contributed by atoms with Gasteiger partial charge in [-0.3, -0.25) is 9.59 Å². The maximum Gasteiger partial charge on any atom is 0.513 e. The van der Waals surface area contributed by atoms with Gasteiger partial charge in [-0.15, -0.1) is 0 Å². The van der Waals surface area contributed by atoms with Gasteiger partial charge in [0.1, 0.15) is 11.6 Å². The van der Waals surface area contributed by atoms with E-state index < -0.39 is 17.9 Å². The number of carbonyl (C=O) groups excluding carboxylic acids is 3. The number of nitrogens with one attached hydrogen (secondary N) is 2. The van der Waals surface area contributed by atoms with E-state index in [0.717, 1.165) is 0 Å². The van der Waals surface area contributed by atoms with E-state index in [-0.39, 0.29) is 30.4 Å². The summed E-state index contributed by atoms with van der Waals surface area (Å²) >= 11 is 0. The van der Waals surface area contributed by atoms with Gasteiger partial charge in [-0.1, -0.05) is 30.3 Å². The molecule has 0 aliphatic rings. The number of hydrogen-bond acceptors (Lipinski definition) is 5. The second kappa shape index (κ2) is 10.7. The van der Waals surface area contributed by atoms with E-state index in [9.17, 15) is 18.8 Å². The summed E-state index contributed by atoms with van der Waals surface area (Å²) in [5, 5.41) is 5.44. The summed E-state index contributed by atoms with van der Waals surface area (Å²) in [4.78, 5) is 36.2. The van der Waals surface area contributed by atoms with Crippen molar-refractivity contribution in [3.63, 3.8) is 0 Å². The molecule has 0 saturated carbocycles. The lowest BCUT2D eigenvalue weighted by Crippen LogP contribution is -2.24. The first kappa shape index (κ1) is 22.5. The van der Waals surface area contributed by atoms with Crippen LogP contribution < -0.4 is 15.4 Å². The molecule has 0 aromatic heterocycles. The van der Waals surface area contributed by atoms with Crippen molar-refractivity contribution in [3.8, 4) is 5.75 Å². The molecule has 0 heterocycles. The lowest BCUT2D eigenvalue weighted by Gasteiger charge is -2.12. The number of rotatable bonds is 7. The molecular weight excluding hydrogens is 415 g/mol. The van der Waals surface area contributed by atoms with E-state index in [1.165, 1.54) is 42.5 Å². The maximum absolute atomic E-state index is 13.8. The van der Waals surface area contributed by atoms with Crippen LogP contribution in [-0.2, 0) is 11.3 Å². The zero-order valence-corrected chi connectivity index (χ0v) is 17.3. The smallest absolute Gasteiger partial charge is 0.434 e. The summed E-state index contributed by atoms with van der Waals surface area (Å²) in [5.41, 5.74) is 1.43. The van der Waals surface area contributed by atoms with Crippen LogP contribution in [0, 0.1) is 5.82 Å². The molecule has 164 valence electrons. The molecule has 0 saturated heterocycles.